The SMILES string of the molecule is COCOc1ccc(OC)cc1C(=O)c1ccc(C=O)cc1. The highest BCUT2D eigenvalue weighted by Gasteiger charge is 2.16. The summed E-state index contributed by atoms with van der Waals surface area (Å²) in [6.45, 7) is 0.0384. The van der Waals surface area contributed by atoms with Crippen LogP contribution in [0.25, 0.3) is 0 Å². The Labute approximate surface area is 128 Å². The largest absolute Gasteiger partial charge is 0.497 e. The van der Waals surface area contributed by atoms with Crippen molar-refractivity contribution in [2.45, 2.75) is 0 Å². The molecule has 114 valence electrons. The fourth-order valence-electron chi connectivity index (χ4n) is 1.93. The third-order valence-electron chi connectivity index (χ3n) is 3.07. The van der Waals surface area contributed by atoms with Crippen molar-refractivity contribution in [3.8, 4) is 11.5 Å². The van der Waals surface area contributed by atoms with E-state index in [-0.39, 0.29) is 12.6 Å². The van der Waals surface area contributed by atoms with Gasteiger partial charge in [0.15, 0.2) is 12.6 Å². The van der Waals surface area contributed by atoms with Crippen molar-refractivity contribution in [2.75, 3.05) is 21.0 Å². The van der Waals surface area contributed by atoms with Crippen molar-refractivity contribution in [1.82, 2.24) is 0 Å². The maximum absolute atomic E-state index is 12.6. The van der Waals surface area contributed by atoms with Gasteiger partial charge in [-0.3, -0.25) is 9.59 Å². The molecule has 0 N–H and O–H groups in total. The van der Waals surface area contributed by atoms with Crippen molar-refractivity contribution < 1.29 is 23.8 Å². The third-order valence-corrected chi connectivity index (χ3v) is 3.07. The fourth-order valence-corrected chi connectivity index (χ4v) is 1.93. The van der Waals surface area contributed by atoms with E-state index in [4.69, 9.17) is 14.2 Å². The van der Waals surface area contributed by atoms with Gasteiger partial charge in [-0.05, 0) is 18.2 Å². The van der Waals surface area contributed by atoms with E-state index < -0.39 is 0 Å². The van der Waals surface area contributed by atoms with Gasteiger partial charge in [-0.1, -0.05) is 24.3 Å². The van der Waals surface area contributed by atoms with Crippen molar-refractivity contribution >= 4 is 12.1 Å². The number of benzene rings is 2. The Morgan fingerprint density at radius 2 is 1.82 bits per heavy atom. The minimum atomic E-state index is -0.220. The zero-order valence-electron chi connectivity index (χ0n) is 12.4. The van der Waals surface area contributed by atoms with E-state index in [0.29, 0.717) is 28.2 Å². The lowest BCUT2D eigenvalue weighted by Crippen LogP contribution is -2.07. The van der Waals surface area contributed by atoms with Gasteiger partial charge >= 0.3 is 0 Å². The van der Waals surface area contributed by atoms with Gasteiger partial charge in [-0.2, -0.15) is 0 Å². The highest BCUT2D eigenvalue weighted by atomic mass is 16.7. The Hall–Kier alpha value is -2.66. The summed E-state index contributed by atoms with van der Waals surface area (Å²) in [7, 11) is 3.03. The van der Waals surface area contributed by atoms with Crippen LogP contribution in [0.3, 0.4) is 0 Å². The van der Waals surface area contributed by atoms with Crippen LogP contribution >= 0.6 is 0 Å². The number of aldehydes is 1. The van der Waals surface area contributed by atoms with Crippen molar-refractivity contribution in [3.63, 3.8) is 0 Å². The molecule has 0 amide bonds. The van der Waals surface area contributed by atoms with Gasteiger partial charge in [0.2, 0.25) is 0 Å². The first-order chi connectivity index (χ1) is 10.7. The minimum absolute atomic E-state index is 0.0384. The number of ketones is 1. The smallest absolute Gasteiger partial charge is 0.196 e. The molecule has 0 aliphatic carbocycles. The number of carbonyl (C=O) groups is 2. The molecule has 0 unspecified atom stereocenters. The molecule has 2 aromatic rings. The Bertz CT molecular complexity index is 661. The average molecular weight is 300 g/mol. The topological polar surface area (TPSA) is 61.8 Å². The zero-order chi connectivity index (χ0) is 15.9. The summed E-state index contributed by atoms with van der Waals surface area (Å²) in [6.07, 6.45) is 0.729. The Morgan fingerprint density at radius 3 is 2.41 bits per heavy atom. The molecule has 0 fully saturated rings. The molecule has 0 atom stereocenters. The number of carbonyl (C=O) groups excluding carboxylic acids is 2. The molecule has 0 bridgehead atoms. The van der Waals surface area contributed by atoms with E-state index in [0.717, 1.165) is 6.29 Å². The molecule has 5 nitrogen and oxygen atoms in total. The van der Waals surface area contributed by atoms with Gasteiger partial charge in [-0.15, -0.1) is 0 Å². The molecular weight excluding hydrogens is 284 g/mol. The Balaban J connectivity index is 2.38. The third kappa shape index (κ3) is 3.51. The monoisotopic (exact) mass is 300 g/mol. The summed E-state index contributed by atoms with van der Waals surface area (Å²) < 4.78 is 15.4. The summed E-state index contributed by atoms with van der Waals surface area (Å²) >= 11 is 0. The molecule has 0 radical (unpaired) electrons. The van der Waals surface area contributed by atoms with Crippen LogP contribution in [-0.4, -0.2) is 33.1 Å². The van der Waals surface area contributed by atoms with Crippen LogP contribution in [0.1, 0.15) is 26.3 Å². The lowest BCUT2D eigenvalue weighted by atomic mass is 10.0. The molecule has 0 aliphatic heterocycles. The van der Waals surface area contributed by atoms with Crippen LogP contribution in [0, 0.1) is 0 Å². The first-order valence-electron chi connectivity index (χ1n) is 6.59. The zero-order valence-corrected chi connectivity index (χ0v) is 12.4. The molecule has 0 spiro atoms. The van der Waals surface area contributed by atoms with Crippen LogP contribution in [-0.2, 0) is 4.74 Å². The Kier molecular flexibility index (Phi) is 5.27. The quantitative estimate of drug-likeness (QED) is 0.447. The molecule has 22 heavy (non-hydrogen) atoms. The van der Waals surface area contributed by atoms with E-state index in [1.165, 1.54) is 14.2 Å². The van der Waals surface area contributed by atoms with E-state index in [1.54, 1.807) is 42.5 Å². The van der Waals surface area contributed by atoms with Crippen molar-refractivity contribution in [3.05, 3.63) is 59.2 Å². The number of hydrogen-bond donors (Lipinski definition) is 0. The summed E-state index contributed by atoms with van der Waals surface area (Å²) in [5, 5.41) is 0. The van der Waals surface area contributed by atoms with Gasteiger partial charge in [0.05, 0.1) is 12.7 Å². The normalized spacial score (nSPS) is 10.1. The predicted molar refractivity (Wildman–Crippen MR) is 80.8 cm³/mol. The number of rotatable bonds is 7. The lowest BCUT2D eigenvalue weighted by Gasteiger charge is -2.12. The van der Waals surface area contributed by atoms with E-state index in [9.17, 15) is 9.59 Å². The van der Waals surface area contributed by atoms with Gasteiger partial charge in [0, 0.05) is 18.2 Å². The molecular formula is C17H16O5. The maximum Gasteiger partial charge on any atom is 0.196 e. The molecule has 0 saturated heterocycles. The van der Waals surface area contributed by atoms with Gasteiger partial charge in [-0.25, -0.2) is 0 Å². The lowest BCUT2D eigenvalue weighted by molar-refractivity contribution is 0.0503. The van der Waals surface area contributed by atoms with Gasteiger partial charge in [0.1, 0.15) is 17.8 Å². The van der Waals surface area contributed by atoms with Gasteiger partial charge < -0.3 is 14.2 Å². The molecule has 0 aromatic heterocycles. The standard InChI is InChI=1S/C17H16O5/c1-20-11-22-16-8-7-14(21-2)9-15(16)17(19)13-5-3-12(10-18)4-6-13/h3-10H,11H2,1-2H3. The molecule has 2 rings (SSSR count). The molecule has 2 aromatic carbocycles. The van der Waals surface area contributed by atoms with Crippen LogP contribution < -0.4 is 9.47 Å². The number of ether oxygens (including phenoxy) is 3. The van der Waals surface area contributed by atoms with E-state index in [1.807, 2.05) is 0 Å². The first kappa shape index (κ1) is 15.7. The van der Waals surface area contributed by atoms with Crippen LogP contribution in [0.15, 0.2) is 42.5 Å². The maximum atomic E-state index is 12.6. The number of hydrogen-bond acceptors (Lipinski definition) is 5. The second-order valence-corrected chi connectivity index (χ2v) is 4.48. The summed E-state index contributed by atoms with van der Waals surface area (Å²) in [5.41, 5.74) is 1.34. The molecule has 0 saturated carbocycles. The van der Waals surface area contributed by atoms with Crippen LogP contribution in [0.2, 0.25) is 0 Å². The van der Waals surface area contributed by atoms with Crippen LogP contribution in [0.5, 0.6) is 11.5 Å². The number of methoxy groups -OCH3 is 2. The summed E-state index contributed by atoms with van der Waals surface area (Å²) in [6, 6.07) is 11.4. The van der Waals surface area contributed by atoms with Gasteiger partial charge in [0.25, 0.3) is 0 Å². The predicted octanol–water partition coefficient (Wildman–Crippen LogP) is 2.72. The highest BCUT2D eigenvalue weighted by molar-refractivity contribution is 6.11. The average Bonchev–Trinajstić information content (AvgIpc) is 2.59. The first-order valence-corrected chi connectivity index (χ1v) is 6.59. The van der Waals surface area contributed by atoms with Crippen molar-refractivity contribution in [2.24, 2.45) is 0 Å². The highest BCUT2D eigenvalue weighted by Crippen LogP contribution is 2.26. The van der Waals surface area contributed by atoms with E-state index in [2.05, 4.69) is 0 Å². The minimum Gasteiger partial charge on any atom is -0.497 e. The Morgan fingerprint density at radius 1 is 1.09 bits per heavy atom. The summed E-state index contributed by atoms with van der Waals surface area (Å²) in [4.78, 5) is 23.3. The van der Waals surface area contributed by atoms with E-state index >= 15 is 0 Å². The van der Waals surface area contributed by atoms with Crippen LogP contribution in [0.4, 0.5) is 0 Å². The summed E-state index contributed by atoms with van der Waals surface area (Å²) in [5.74, 6) is 0.743. The fraction of sp³-hybridized carbons (Fsp3) is 0.176. The molecule has 0 heterocycles. The second kappa shape index (κ2) is 7.38. The van der Waals surface area contributed by atoms with Crippen molar-refractivity contribution in [1.29, 1.82) is 0 Å². The molecule has 5 heteroatoms. The second-order valence-electron chi connectivity index (χ2n) is 4.48. The molecule has 0 aliphatic rings.